The van der Waals surface area contributed by atoms with Crippen molar-refractivity contribution in [2.24, 2.45) is 5.92 Å². The molecule has 9 heavy (non-hydrogen) atoms. The van der Waals surface area contributed by atoms with Gasteiger partial charge in [0.05, 0.1) is 0 Å². The van der Waals surface area contributed by atoms with E-state index in [1.165, 1.54) is 6.54 Å². The van der Waals surface area contributed by atoms with Crippen LogP contribution in [0.2, 0.25) is 0 Å². The fraction of sp³-hybridized carbons (Fsp3) is 1.00. The van der Waals surface area contributed by atoms with E-state index in [0.29, 0.717) is 5.16 Å². The van der Waals surface area contributed by atoms with Gasteiger partial charge in [-0.1, -0.05) is 20.8 Å². The van der Waals surface area contributed by atoms with Crippen molar-refractivity contribution >= 4 is 8.73 Å². The highest BCUT2D eigenvalue weighted by molar-refractivity contribution is 7.39. The van der Waals surface area contributed by atoms with E-state index >= 15 is 0 Å². The molecular formula is C7H16NP. The molecule has 0 radical (unpaired) electrons. The zero-order valence-electron chi connectivity index (χ0n) is 6.73. The van der Waals surface area contributed by atoms with Crippen LogP contribution < -0.4 is 0 Å². The lowest BCUT2D eigenvalue weighted by Gasteiger charge is -2.48. The van der Waals surface area contributed by atoms with Gasteiger partial charge in [0, 0.05) is 11.7 Å². The van der Waals surface area contributed by atoms with Crippen LogP contribution in [0.15, 0.2) is 0 Å². The summed E-state index contributed by atoms with van der Waals surface area (Å²) in [6, 6.07) is 0. The Balaban J connectivity index is 2.40. The molecule has 0 aromatic carbocycles. The van der Waals surface area contributed by atoms with E-state index in [9.17, 15) is 0 Å². The maximum absolute atomic E-state index is 2.40. The Morgan fingerprint density at radius 2 is 2.00 bits per heavy atom. The molecular weight excluding hydrogens is 129 g/mol. The summed E-state index contributed by atoms with van der Waals surface area (Å²) in [5, 5.41) is 0.648. The highest BCUT2D eigenvalue weighted by Gasteiger charge is 2.38. The van der Waals surface area contributed by atoms with Gasteiger partial charge in [0.25, 0.3) is 0 Å². The summed E-state index contributed by atoms with van der Waals surface area (Å²) in [5.74, 6) is 0.854. The monoisotopic (exact) mass is 145 g/mol. The van der Waals surface area contributed by atoms with Gasteiger partial charge in [-0.25, -0.2) is 0 Å². The van der Waals surface area contributed by atoms with Gasteiger partial charge in [-0.3, -0.25) is 4.67 Å². The maximum atomic E-state index is 2.40. The molecule has 1 heterocycles. The van der Waals surface area contributed by atoms with Crippen molar-refractivity contribution in [1.29, 1.82) is 0 Å². The standard InChI is InChI=1S/C7H16NP/c1-6(2)7(3)5-8(4)9-7/h6,9H,5H2,1-4H3. The highest BCUT2D eigenvalue weighted by atomic mass is 31.1. The average molecular weight is 145 g/mol. The molecule has 0 aromatic heterocycles. The quantitative estimate of drug-likeness (QED) is 0.510. The molecule has 0 N–H and O–H groups in total. The van der Waals surface area contributed by atoms with Gasteiger partial charge in [0.2, 0.25) is 0 Å². The minimum Gasteiger partial charge on any atom is -0.286 e. The second-order valence-corrected chi connectivity index (χ2v) is 5.67. The lowest BCUT2D eigenvalue weighted by molar-refractivity contribution is 0.315. The van der Waals surface area contributed by atoms with Crippen molar-refractivity contribution < 1.29 is 0 Å². The third-order valence-electron chi connectivity index (χ3n) is 2.29. The minimum absolute atomic E-state index is 0.648. The van der Waals surface area contributed by atoms with Crippen LogP contribution in [-0.4, -0.2) is 23.4 Å². The van der Waals surface area contributed by atoms with Crippen LogP contribution in [-0.2, 0) is 0 Å². The van der Waals surface area contributed by atoms with Gasteiger partial charge >= 0.3 is 0 Å². The molecule has 0 spiro atoms. The number of hydrogen-bond acceptors (Lipinski definition) is 1. The van der Waals surface area contributed by atoms with Gasteiger partial charge in [-0.05, 0) is 21.7 Å². The van der Waals surface area contributed by atoms with E-state index in [2.05, 4.69) is 32.5 Å². The highest BCUT2D eigenvalue weighted by Crippen LogP contribution is 2.49. The predicted molar refractivity (Wildman–Crippen MR) is 44.2 cm³/mol. The Hall–Kier alpha value is 0.390. The lowest BCUT2D eigenvalue weighted by atomic mass is 9.96. The fourth-order valence-corrected chi connectivity index (χ4v) is 2.81. The number of rotatable bonds is 1. The Morgan fingerprint density at radius 3 is 2.11 bits per heavy atom. The first-order valence-corrected chi connectivity index (χ1v) is 4.48. The van der Waals surface area contributed by atoms with Crippen LogP contribution in [0.5, 0.6) is 0 Å². The Bertz CT molecular complexity index is 105. The van der Waals surface area contributed by atoms with E-state index in [-0.39, 0.29) is 0 Å². The summed E-state index contributed by atoms with van der Waals surface area (Å²) < 4.78 is 2.40. The summed E-state index contributed by atoms with van der Waals surface area (Å²) in [6.07, 6.45) is 0. The average Bonchev–Trinajstić information content (AvgIpc) is 1.62. The maximum Gasteiger partial charge on any atom is 0.0135 e. The second-order valence-electron chi connectivity index (χ2n) is 3.54. The van der Waals surface area contributed by atoms with Crippen LogP contribution in [0.1, 0.15) is 20.8 Å². The first kappa shape index (κ1) is 7.50. The van der Waals surface area contributed by atoms with Crippen molar-refractivity contribution in [2.75, 3.05) is 13.6 Å². The van der Waals surface area contributed by atoms with Crippen molar-refractivity contribution in [3.8, 4) is 0 Å². The third-order valence-corrected chi connectivity index (χ3v) is 4.07. The van der Waals surface area contributed by atoms with Crippen LogP contribution in [0.4, 0.5) is 0 Å². The summed E-state index contributed by atoms with van der Waals surface area (Å²) >= 11 is 0. The molecule has 2 atom stereocenters. The summed E-state index contributed by atoms with van der Waals surface area (Å²) in [7, 11) is 3.25. The zero-order chi connectivity index (χ0) is 7.07. The molecule has 1 fully saturated rings. The van der Waals surface area contributed by atoms with E-state index in [0.717, 1.165) is 14.6 Å². The van der Waals surface area contributed by atoms with Gasteiger partial charge in [0.1, 0.15) is 0 Å². The van der Waals surface area contributed by atoms with Gasteiger partial charge < -0.3 is 0 Å². The summed E-state index contributed by atoms with van der Waals surface area (Å²) in [6.45, 7) is 8.32. The minimum atomic E-state index is 0.648. The molecule has 2 heteroatoms. The van der Waals surface area contributed by atoms with E-state index in [1.54, 1.807) is 0 Å². The molecule has 1 aliphatic heterocycles. The number of nitrogens with zero attached hydrogens (tertiary/aromatic N) is 1. The van der Waals surface area contributed by atoms with E-state index in [4.69, 9.17) is 0 Å². The van der Waals surface area contributed by atoms with Gasteiger partial charge in [0.15, 0.2) is 0 Å². The van der Waals surface area contributed by atoms with Crippen molar-refractivity contribution in [3.63, 3.8) is 0 Å². The van der Waals surface area contributed by atoms with Crippen LogP contribution in [0.3, 0.4) is 0 Å². The molecule has 0 aliphatic carbocycles. The molecule has 0 amide bonds. The zero-order valence-corrected chi connectivity index (χ0v) is 7.73. The summed E-state index contributed by atoms with van der Waals surface area (Å²) in [4.78, 5) is 0. The fourth-order valence-electron chi connectivity index (χ4n) is 1.22. The molecule has 54 valence electrons. The largest absolute Gasteiger partial charge is 0.286 e. The van der Waals surface area contributed by atoms with Crippen LogP contribution >= 0.6 is 8.73 Å². The molecule has 0 bridgehead atoms. The Labute approximate surface area is 59.7 Å². The van der Waals surface area contributed by atoms with Gasteiger partial charge in [-0.15, -0.1) is 0 Å². The molecule has 0 aromatic rings. The van der Waals surface area contributed by atoms with E-state index < -0.39 is 0 Å². The Morgan fingerprint density at radius 1 is 1.56 bits per heavy atom. The third kappa shape index (κ3) is 1.28. The smallest absolute Gasteiger partial charge is 0.0135 e. The van der Waals surface area contributed by atoms with Gasteiger partial charge in [-0.2, -0.15) is 0 Å². The van der Waals surface area contributed by atoms with Crippen LogP contribution in [0, 0.1) is 5.92 Å². The lowest BCUT2D eigenvalue weighted by Crippen LogP contribution is -2.47. The predicted octanol–water partition coefficient (Wildman–Crippen LogP) is 1.94. The topological polar surface area (TPSA) is 3.24 Å². The normalized spacial score (nSPS) is 39.7. The SMILES string of the molecule is CC(C)C1(C)CN(C)P1. The molecule has 0 saturated carbocycles. The first-order chi connectivity index (χ1) is 4.04. The van der Waals surface area contributed by atoms with Crippen molar-refractivity contribution in [3.05, 3.63) is 0 Å². The van der Waals surface area contributed by atoms with E-state index in [1.807, 2.05) is 0 Å². The number of hydrogen-bond donors (Lipinski definition) is 0. The van der Waals surface area contributed by atoms with Crippen molar-refractivity contribution in [2.45, 2.75) is 25.9 Å². The summed E-state index contributed by atoms with van der Waals surface area (Å²) in [5.41, 5.74) is 0. The van der Waals surface area contributed by atoms with Crippen molar-refractivity contribution in [1.82, 2.24) is 4.67 Å². The Kier molecular flexibility index (Phi) is 1.84. The molecule has 1 aliphatic rings. The molecule has 2 unspecified atom stereocenters. The molecule has 1 saturated heterocycles. The molecule has 1 rings (SSSR count). The molecule has 1 nitrogen and oxygen atoms in total. The second kappa shape index (κ2) is 2.21. The first-order valence-electron chi connectivity index (χ1n) is 3.53. The van der Waals surface area contributed by atoms with Crippen LogP contribution in [0.25, 0.3) is 0 Å².